The van der Waals surface area contributed by atoms with Crippen LogP contribution in [0.4, 0.5) is 5.69 Å². The molecule has 106 valence electrons. The number of nitrogens with one attached hydrogen (secondary N) is 1. The summed E-state index contributed by atoms with van der Waals surface area (Å²) >= 11 is 0. The second-order valence-corrected chi connectivity index (χ2v) is 4.89. The maximum Gasteiger partial charge on any atom is 0.238 e. The number of benzene rings is 1. The lowest BCUT2D eigenvalue weighted by molar-refractivity contribution is -0.117. The topological polar surface area (TPSA) is 65.4 Å². The number of hydrogen-bond donors (Lipinski definition) is 1. The van der Waals surface area contributed by atoms with Gasteiger partial charge in [-0.25, -0.2) is 0 Å². The van der Waals surface area contributed by atoms with Crippen molar-refractivity contribution in [2.75, 3.05) is 25.5 Å². The van der Waals surface area contributed by atoms with Gasteiger partial charge in [-0.2, -0.15) is 5.26 Å². The van der Waals surface area contributed by atoms with Crippen LogP contribution in [0.3, 0.4) is 0 Å². The number of nitriles is 1. The summed E-state index contributed by atoms with van der Waals surface area (Å²) in [6.07, 6.45) is 2.96. The van der Waals surface area contributed by atoms with E-state index in [1.807, 2.05) is 23.1 Å². The van der Waals surface area contributed by atoms with Crippen LogP contribution in [0, 0.1) is 11.3 Å². The van der Waals surface area contributed by atoms with Gasteiger partial charge in [-0.15, -0.1) is 0 Å². The lowest BCUT2D eigenvalue weighted by atomic mass is 10.0. The van der Waals surface area contributed by atoms with Crippen LogP contribution < -0.4 is 10.1 Å². The van der Waals surface area contributed by atoms with Crippen LogP contribution in [0.2, 0.25) is 0 Å². The third-order valence-electron chi connectivity index (χ3n) is 3.46. The van der Waals surface area contributed by atoms with Crippen LogP contribution in [0.5, 0.6) is 5.75 Å². The zero-order valence-electron chi connectivity index (χ0n) is 11.6. The van der Waals surface area contributed by atoms with E-state index in [1.165, 1.54) is 0 Å². The van der Waals surface area contributed by atoms with Gasteiger partial charge in [0, 0.05) is 11.8 Å². The molecular weight excluding hydrogens is 254 g/mol. The largest absolute Gasteiger partial charge is 0.497 e. The van der Waals surface area contributed by atoms with E-state index in [0.717, 1.165) is 25.8 Å². The summed E-state index contributed by atoms with van der Waals surface area (Å²) in [5.41, 5.74) is 0.708. The Morgan fingerprint density at radius 2 is 2.40 bits per heavy atom. The summed E-state index contributed by atoms with van der Waals surface area (Å²) in [6.45, 7) is 1.07. The number of carbonyl (C=O) groups excluding carboxylic acids is 1. The Morgan fingerprint density at radius 3 is 3.15 bits per heavy atom. The summed E-state index contributed by atoms with van der Waals surface area (Å²) in [6, 6.07) is 9.37. The number of hydrogen-bond acceptors (Lipinski definition) is 4. The summed E-state index contributed by atoms with van der Waals surface area (Å²) in [5, 5.41) is 11.9. The van der Waals surface area contributed by atoms with E-state index in [4.69, 9.17) is 10.00 Å². The molecule has 0 aromatic heterocycles. The van der Waals surface area contributed by atoms with Crippen molar-refractivity contribution in [2.24, 2.45) is 0 Å². The molecule has 5 nitrogen and oxygen atoms in total. The minimum Gasteiger partial charge on any atom is -0.497 e. The van der Waals surface area contributed by atoms with Crippen molar-refractivity contribution in [2.45, 2.75) is 25.3 Å². The molecule has 1 unspecified atom stereocenters. The lowest BCUT2D eigenvalue weighted by Crippen LogP contribution is -2.43. The third-order valence-corrected chi connectivity index (χ3v) is 3.46. The van der Waals surface area contributed by atoms with Crippen LogP contribution >= 0.6 is 0 Å². The molecule has 1 heterocycles. The fraction of sp³-hybridized carbons (Fsp3) is 0.467. The van der Waals surface area contributed by atoms with Crippen molar-refractivity contribution in [3.05, 3.63) is 24.3 Å². The van der Waals surface area contributed by atoms with E-state index >= 15 is 0 Å². The van der Waals surface area contributed by atoms with Gasteiger partial charge in [0.25, 0.3) is 0 Å². The minimum absolute atomic E-state index is 0.0968. The molecule has 1 aliphatic rings. The van der Waals surface area contributed by atoms with E-state index < -0.39 is 0 Å². The Hall–Kier alpha value is -2.06. The number of nitrogens with zero attached hydrogens (tertiary/aromatic N) is 2. The number of amides is 1. The number of ether oxygens (including phenoxy) is 1. The van der Waals surface area contributed by atoms with Gasteiger partial charge in [0.2, 0.25) is 5.91 Å². The number of methoxy groups -OCH3 is 1. The van der Waals surface area contributed by atoms with Gasteiger partial charge in [0.15, 0.2) is 0 Å². The van der Waals surface area contributed by atoms with E-state index in [9.17, 15) is 4.79 Å². The predicted octanol–water partition coefficient (Wildman–Crippen LogP) is 2.01. The van der Waals surface area contributed by atoms with Crippen molar-refractivity contribution in [1.82, 2.24) is 4.90 Å². The van der Waals surface area contributed by atoms with Crippen molar-refractivity contribution < 1.29 is 9.53 Å². The number of anilines is 1. The molecule has 0 spiro atoms. The van der Waals surface area contributed by atoms with Gasteiger partial charge >= 0.3 is 0 Å². The second-order valence-electron chi connectivity index (χ2n) is 4.89. The Kier molecular flexibility index (Phi) is 4.97. The quantitative estimate of drug-likeness (QED) is 0.911. The Morgan fingerprint density at radius 1 is 1.55 bits per heavy atom. The Bertz CT molecular complexity index is 510. The van der Waals surface area contributed by atoms with E-state index in [0.29, 0.717) is 11.4 Å². The van der Waals surface area contributed by atoms with E-state index in [2.05, 4.69) is 11.4 Å². The molecule has 5 heteroatoms. The smallest absolute Gasteiger partial charge is 0.238 e. The van der Waals surface area contributed by atoms with E-state index in [-0.39, 0.29) is 18.5 Å². The standard InChI is InChI=1S/C15H19N3O2/c1-20-14-7-4-5-12(9-14)17-15(19)11-18-8-3-2-6-13(18)10-16/h4-5,7,9,13H,2-3,6,8,11H2,1H3,(H,17,19). The Balaban J connectivity index is 1.93. The van der Waals surface area contributed by atoms with Gasteiger partial charge in [0.05, 0.1) is 25.8 Å². The average Bonchev–Trinajstić information content (AvgIpc) is 2.48. The number of likely N-dealkylation sites (tertiary alicyclic amines) is 1. The van der Waals surface area contributed by atoms with Gasteiger partial charge < -0.3 is 10.1 Å². The summed E-state index contributed by atoms with van der Waals surface area (Å²) in [4.78, 5) is 14.0. The van der Waals surface area contributed by atoms with Gasteiger partial charge in [-0.05, 0) is 37.9 Å². The van der Waals surface area contributed by atoms with Gasteiger partial charge in [-0.3, -0.25) is 9.69 Å². The molecule has 0 bridgehead atoms. The predicted molar refractivity (Wildman–Crippen MR) is 76.4 cm³/mol. The number of rotatable bonds is 4. The molecule has 2 rings (SSSR count). The van der Waals surface area contributed by atoms with Gasteiger partial charge in [0.1, 0.15) is 5.75 Å². The molecule has 1 aromatic carbocycles. The number of piperidine rings is 1. The second kappa shape index (κ2) is 6.92. The molecule has 0 aliphatic carbocycles. The van der Waals surface area contributed by atoms with Crippen molar-refractivity contribution in [3.8, 4) is 11.8 Å². The number of carbonyl (C=O) groups is 1. The highest BCUT2D eigenvalue weighted by molar-refractivity contribution is 5.92. The average molecular weight is 273 g/mol. The normalized spacial score (nSPS) is 19.1. The fourth-order valence-corrected chi connectivity index (χ4v) is 2.41. The first-order chi connectivity index (χ1) is 9.72. The summed E-state index contributed by atoms with van der Waals surface area (Å²) in [7, 11) is 1.59. The highest BCUT2D eigenvalue weighted by atomic mass is 16.5. The molecule has 1 aliphatic heterocycles. The zero-order valence-corrected chi connectivity index (χ0v) is 11.6. The molecule has 0 saturated carbocycles. The maximum absolute atomic E-state index is 12.0. The third kappa shape index (κ3) is 3.72. The summed E-state index contributed by atoms with van der Waals surface area (Å²) < 4.78 is 5.12. The van der Waals surface area contributed by atoms with Gasteiger partial charge in [-0.1, -0.05) is 6.07 Å². The van der Waals surface area contributed by atoms with Crippen LogP contribution in [-0.4, -0.2) is 37.0 Å². The first kappa shape index (κ1) is 14.4. The molecule has 1 aromatic rings. The van der Waals surface area contributed by atoms with Crippen LogP contribution in [0.25, 0.3) is 0 Å². The molecule has 20 heavy (non-hydrogen) atoms. The Labute approximate surface area is 119 Å². The molecule has 1 N–H and O–H groups in total. The van der Waals surface area contributed by atoms with Crippen molar-refractivity contribution in [1.29, 1.82) is 5.26 Å². The molecule has 1 atom stereocenters. The first-order valence-corrected chi connectivity index (χ1v) is 6.80. The highest BCUT2D eigenvalue weighted by Gasteiger charge is 2.23. The fourth-order valence-electron chi connectivity index (χ4n) is 2.41. The van der Waals surface area contributed by atoms with Crippen molar-refractivity contribution >= 4 is 11.6 Å². The van der Waals surface area contributed by atoms with Crippen LogP contribution in [0.15, 0.2) is 24.3 Å². The SMILES string of the molecule is COc1cccc(NC(=O)CN2CCCCC2C#N)c1. The molecule has 0 radical (unpaired) electrons. The minimum atomic E-state index is -0.139. The van der Waals surface area contributed by atoms with Crippen LogP contribution in [-0.2, 0) is 4.79 Å². The molecule has 1 fully saturated rings. The lowest BCUT2D eigenvalue weighted by Gasteiger charge is -2.30. The zero-order chi connectivity index (χ0) is 14.4. The van der Waals surface area contributed by atoms with Crippen LogP contribution in [0.1, 0.15) is 19.3 Å². The molecular formula is C15H19N3O2. The maximum atomic E-state index is 12.0. The highest BCUT2D eigenvalue weighted by Crippen LogP contribution is 2.18. The monoisotopic (exact) mass is 273 g/mol. The van der Waals surface area contributed by atoms with E-state index in [1.54, 1.807) is 13.2 Å². The van der Waals surface area contributed by atoms with Crippen molar-refractivity contribution in [3.63, 3.8) is 0 Å². The molecule has 1 amide bonds. The summed E-state index contributed by atoms with van der Waals surface area (Å²) in [5.74, 6) is 0.607. The first-order valence-electron chi connectivity index (χ1n) is 6.80. The molecule has 1 saturated heterocycles.